The molecule has 1 heterocycles. The molecule has 2 aromatic rings. The third-order valence-electron chi connectivity index (χ3n) is 5.36. The van der Waals surface area contributed by atoms with Gasteiger partial charge in [-0.2, -0.15) is 26.3 Å². The topological polar surface area (TPSA) is 43.7 Å². The molecule has 0 spiro atoms. The van der Waals surface area contributed by atoms with Crippen molar-refractivity contribution in [3.05, 3.63) is 59.2 Å². The number of halogens is 6. The van der Waals surface area contributed by atoms with Crippen LogP contribution in [0.15, 0.2) is 42.5 Å². The van der Waals surface area contributed by atoms with Crippen LogP contribution in [0.1, 0.15) is 36.6 Å². The lowest BCUT2D eigenvalue weighted by Gasteiger charge is -2.34. The van der Waals surface area contributed by atoms with Crippen LogP contribution in [0.25, 0.3) is 0 Å². The molecular formula is C20H19F6NO2. The first-order chi connectivity index (χ1) is 13.3. The van der Waals surface area contributed by atoms with Crippen LogP contribution >= 0.6 is 0 Å². The Hall–Kier alpha value is -2.42. The van der Waals surface area contributed by atoms with Gasteiger partial charge in [0.2, 0.25) is 0 Å². The number of anilines is 1. The predicted octanol–water partition coefficient (Wildman–Crippen LogP) is 5.22. The van der Waals surface area contributed by atoms with Gasteiger partial charge in [-0.25, -0.2) is 0 Å². The van der Waals surface area contributed by atoms with Crippen LogP contribution in [-0.2, 0) is 12.0 Å². The molecule has 2 unspecified atom stereocenters. The van der Waals surface area contributed by atoms with Crippen molar-refractivity contribution in [2.45, 2.75) is 50.3 Å². The van der Waals surface area contributed by atoms with E-state index < -0.39 is 23.5 Å². The molecule has 3 rings (SSSR count). The van der Waals surface area contributed by atoms with Gasteiger partial charge in [0.15, 0.2) is 0 Å². The van der Waals surface area contributed by atoms with E-state index in [4.69, 9.17) is 0 Å². The number of phenols is 1. The van der Waals surface area contributed by atoms with E-state index in [-0.39, 0.29) is 29.8 Å². The molecule has 1 aliphatic rings. The van der Waals surface area contributed by atoms with Crippen LogP contribution in [0.4, 0.5) is 32.0 Å². The first-order valence-electron chi connectivity index (χ1n) is 8.84. The summed E-state index contributed by atoms with van der Waals surface area (Å²) in [5.74, 6) is 0.0530. The highest BCUT2D eigenvalue weighted by Crippen LogP contribution is 2.51. The van der Waals surface area contributed by atoms with Crippen LogP contribution < -0.4 is 4.90 Å². The molecule has 3 nitrogen and oxygen atoms in total. The Morgan fingerprint density at radius 1 is 1.00 bits per heavy atom. The molecule has 0 saturated heterocycles. The Morgan fingerprint density at radius 2 is 1.62 bits per heavy atom. The third kappa shape index (κ3) is 3.41. The maximum absolute atomic E-state index is 13.2. The van der Waals surface area contributed by atoms with Crippen LogP contribution in [0, 0.1) is 0 Å². The molecular weight excluding hydrogens is 400 g/mol. The second-order valence-electron chi connectivity index (χ2n) is 7.28. The van der Waals surface area contributed by atoms with E-state index in [9.17, 15) is 36.6 Å². The number of alkyl halides is 6. The van der Waals surface area contributed by atoms with Crippen molar-refractivity contribution >= 4 is 5.69 Å². The lowest BCUT2D eigenvalue weighted by molar-refractivity contribution is -0.376. The van der Waals surface area contributed by atoms with Gasteiger partial charge in [-0.05, 0) is 49.6 Å². The fraction of sp³-hybridized carbons (Fsp3) is 0.400. The molecule has 2 atom stereocenters. The average Bonchev–Trinajstić information content (AvgIpc) is 2.93. The van der Waals surface area contributed by atoms with E-state index in [2.05, 4.69) is 0 Å². The Bertz CT molecular complexity index is 895. The monoisotopic (exact) mass is 419 g/mol. The largest absolute Gasteiger partial charge is 0.508 e. The number of hydrogen-bond acceptors (Lipinski definition) is 3. The number of fused-ring (bicyclic) bond motifs is 1. The van der Waals surface area contributed by atoms with Gasteiger partial charge in [-0.3, -0.25) is 0 Å². The quantitative estimate of drug-likeness (QED) is 0.671. The zero-order valence-electron chi connectivity index (χ0n) is 15.5. The van der Waals surface area contributed by atoms with Gasteiger partial charge in [-0.15, -0.1) is 0 Å². The van der Waals surface area contributed by atoms with E-state index in [1.165, 1.54) is 12.1 Å². The summed E-state index contributed by atoms with van der Waals surface area (Å²) in [6.45, 7) is 3.63. The molecule has 0 saturated carbocycles. The summed E-state index contributed by atoms with van der Waals surface area (Å²) in [4.78, 5) is 1.87. The predicted molar refractivity (Wildman–Crippen MR) is 94.6 cm³/mol. The average molecular weight is 419 g/mol. The fourth-order valence-corrected chi connectivity index (χ4v) is 3.90. The second kappa shape index (κ2) is 6.83. The number of aromatic hydroxyl groups is 1. The van der Waals surface area contributed by atoms with Crippen molar-refractivity contribution in [1.82, 2.24) is 0 Å². The molecule has 29 heavy (non-hydrogen) atoms. The van der Waals surface area contributed by atoms with Crippen molar-refractivity contribution in [3.63, 3.8) is 0 Å². The van der Waals surface area contributed by atoms with Gasteiger partial charge in [0.1, 0.15) is 5.75 Å². The highest BCUT2D eigenvalue weighted by molar-refractivity contribution is 5.62. The highest BCUT2D eigenvalue weighted by atomic mass is 19.4. The van der Waals surface area contributed by atoms with E-state index in [0.29, 0.717) is 11.8 Å². The van der Waals surface area contributed by atoms with Crippen LogP contribution in [0.2, 0.25) is 0 Å². The summed E-state index contributed by atoms with van der Waals surface area (Å²) >= 11 is 0. The smallest absolute Gasteiger partial charge is 0.430 e. The molecule has 0 fully saturated rings. The molecule has 9 heteroatoms. The molecule has 0 radical (unpaired) electrons. The van der Waals surface area contributed by atoms with E-state index >= 15 is 0 Å². The molecule has 0 aliphatic carbocycles. The minimum absolute atomic E-state index is 0.0530. The van der Waals surface area contributed by atoms with Gasteiger partial charge >= 0.3 is 12.4 Å². The van der Waals surface area contributed by atoms with Crippen LogP contribution in [0.5, 0.6) is 5.75 Å². The Balaban J connectivity index is 2.05. The first kappa shape index (κ1) is 21.3. The van der Waals surface area contributed by atoms with Crippen LogP contribution in [-0.4, -0.2) is 28.6 Å². The van der Waals surface area contributed by atoms with Gasteiger partial charge in [0, 0.05) is 17.3 Å². The SMILES string of the molecule is CC1Cc2cc(C(O)(C(F)(F)F)C(F)(F)F)ccc2N1C(C)c1cccc(O)c1. The normalized spacial score (nSPS) is 18.7. The van der Waals surface area contributed by atoms with Gasteiger partial charge < -0.3 is 15.1 Å². The summed E-state index contributed by atoms with van der Waals surface area (Å²) in [6.07, 6.45) is -11.6. The maximum Gasteiger partial charge on any atom is 0.430 e. The number of hydrogen-bond donors (Lipinski definition) is 2. The third-order valence-corrected chi connectivity index (χ3v) is 5.36. The van der Waals surface area contributed by atoms with E-state index in [1.807, 2.05) is 11.8 Å². The molecule has 2 aromatic carbocycles. The summed E-state index contributed by atoms with van der Waals surface area (Å²) in [7, 11) is 0. The van der Waals surface area contributed by atoms with Crippen molar-refractivity contribution in [2.75, 3.05) is 4.90 Å². The van der Waals surface area contributed by atoms with Gasteiger partial charge in [0.25, 0.3) is 5.60 Å². The van der Waals surface area contributed by atoms with E-state index in [0.717, 1.165) is 11.6 Å². The number of benzene rings is 2. The standard InChI is InChI=1S/C20H19F6NO2/c1-11-8-14-9-15(18(29,19(21,22)23)20(24,25)26)6-7-17(14)27(11)12(2)13-4-3-5-16(28)10-13/h3-7,9-12,28-29H,8H2,1-2H3. The molecule has 0 bridgehead atoms. The fourth-order valence-electron chi connectivity index (χ4n) is 3.90. The van der Waals surface area contributed by atoms with Crippen molar-refractivity contribution in [2.24, 2.45) is 0 Å². The second-order valence-corrected chi connectivity index (χ2v) is 7.28. The minimum atomic E-state index is -5.92. The first-order valence-corrected chi connectivity index (χ1v) is 8.84. The van der Waals surface area contributed by atoms with Crippen molar-refractivity contribution in [1.29, 1.82) is 0 Å². The number of nitrogens with zero attached hydrogens (tertiary/aromatic N) is 1. The van der Waals surface area contributed by atoms with Gasteiger partial charge in [0.05, 0.1) is 6.04 Å². The lowest BCUT2D eigenvalue weighted by Crippen LogP contribution is -2.53. The molecule has 0 amide bonds. The zero-order chi connectivity index (χ0) is 21.8. The Kier molecular flexibility index (Phi) is 5.01. The molecule has 2 N–H and O–H groups in total. The highest BCUT2D eigenvalue weighted by Gasteiger charge is 2.71. The molecule has 0 aromatic heterocycles. The summed E-state index contributed by atoms with van der Waals surface area (Å²) < 4.78 is 79.0. The molecule has 158 valence electrons. The van der Waals surface area contributed by atoms with Crippen molar-refractivity contribution < 1.29 is 36.6 Å². The number of aliphatic hydroxyl groups is 1. The maximum atomic E-state index is 13.2. The van der Waals surface area contributed by atoms with E-state index in [1.54, 1.807) is 25.1 Å². The summed E-state index contributed by atoms with van der Waals surface area (Å²) in [5, 5.41) is 19.3. The number of rotatable bonds is 3. The summed E-state index contributed by atoms with van der Waals surface area (Å²) in [6, 6.07) is 8.61. The van der Waals surface area contributed by atoms with Crippen LogP contribution in [0.3, 0.4) is 0 Å². The van der Waals surface area contributed by atoms with Crippen molar-refractivity contribution in [3.8, 4) is 5.75 Å². The minimum Gasteiger partial charge on any atom is -0.508 e. The number of phenolic OH excluding ortho intramolecular Hbond substituents is 1. The Morgan fingerprint density at radius 3 is 2.17 bits per heavy atom. The molecule has 1 aliphatic heterocycles. The lowest BCUT2D eigenvalue weighted by atomic mass is 9.90. The van der Waals surface area contributed by atoms with Gasteiger partial charge in [-0.1, -0.05) is 24.3 Å². The zero-order valence-corrected chi connectivity index (χ0v) is 15.5. The Labute approximate surface area is 163 Å². The summed E-state index contributed by atoms with van der Waals surface area (Å²) in [5.41, 5.74) is -4.67.